The number of benzene rings is 1. The first-order chi connectivity index (χ1) is 14.1. The van der Waals surface area contributed by atoms with Crippen LogP contribution in [0.4, 0.5) is 4.79 Å². The summed E-state index contributed by atoms with van der Waals surface area (Å²) in [5.74, 6) is 0. The minimum absolute atomic E-state index is 0.322. The average Bonchev–Trinajstić information content (AvgIpc) is 3.15. The van der Waals surface area contributed by atoms with E-state index in [0.29, 0.717) is 30.2 Å². The van der Waals surface area contributed by atoms with Gasteiger partial charge in [-0.2, -0.15) is 5.26 Å². The van der Waals surface area contributed by atoms with Gasteiger partial charge < -0.3 is 10.0 Å². The van der Waals surface area contributed by atoms with Crippen LogP contribution in [0.3, 0.4) is 0 Å². The van der Waals surface area contributed by atoms with Crippen LogP contribution in [0.1, 0.15) is 42.1 Å². The highest BCUT2D eigenvalue weighted by Gasteiger charge is 2.48. The molecule has 0 saturated carbocycles. The van der Waals surface area contributed by atoms with E-state index >= 15 is 0 Å². The highest BCUT2D eigenvalue weighted by Crippen LogP contribution is 2.48. The molecule has 0 bridgehead atoms. The summed E-state index contributed by atoms with van der Waals surface area (Å²) in [6.07, 6.45) is 5.21. The molecule has 0 radical (unpaired) electrons. The number of carboxylic acid groups (broad SMARTS) is 1. The first-order valence-electron chi connectivity index (χ1n) is 10.3. The number of aromatic nitrogens is 1. The van der Waals surface area contributed by atoms with Gasteiger partial charge in [0, 0.05) is 44.0 Å². The molecule has 1 N–H and O–H groups in total. The molecule has 1 aliphatic carbocycles. The number of pyridine rings is 1. The minimum Gasteiger partial charge on any atom is -0.465 e. The molecule has 29 heavy (non-hydrogen) atoms. The van der Waals surface area contributed by atoms with Gasteiger partial charge in [-0.1, -0.05) is 18.2 Å². The van der Waals surface area contributed by atoms with Gasteiger partial charge in [0.05, 0.1) is 0 Å². The summed E-state index contributed by atoms with van der Waals surface area (Å²) in [5, 5.41) is 18.1. The van der Waals surface area contributed by atoms with Crippen molar-refractivity contribution in [2.45, 2.75) is 31.7 Å². The molecule has 2 fully saturated rings. The van der Waals surface area contributed by atoms with Gasteiger partial charge in [0.25, 0.3) is 0 Å². The van der Waals surface area contributed by atoms with Crippen LogP contribution in [-0.4, -0.2) is 52.2 Å². The fourth-order valence-electron chi connectivity index (χ4n) is 5.31. The zero-order valence-electron chi connectivity index (χ0n) is 16.3. The summed E-state index contributed by atoms with van der Waals surface area (Å²) < 4.78 is 0. The Morgan fingerprint density at radius 2 is 1.93 bits per heavy atom. The van der Waals surface area contributed by atoms with Crippen molar-refractivity contribution in [3.8, 4) is 17.2 Å². The summed E-state index contributed by atoms with van der Waals surface area (Å²) in [6.45, 7) is 3.52. The normalized spacial score (nSPS) is 22.7. The van der Waals surface area contributed by atoms with Crippen molar-refractivity contribution >= 4 is 6.09 Å². The van der Waals surface area contributed by atoms with Crippen molar-refractivity contribution in [2.75, 3.05) is 26.2 Å². The maximum atomic E-state index is 11.1. The number of likely N-dealkylation sites (tertiary alicyclic amines) is 2. The number of fused-ring (bicyclic) bond motifs is 1. The number of carbonyl (C=O) groups is 1. The maximum absolute atomic E-state index is 11.1. The molecule has 2 saturated heterocycles. The van der Waals surface area contributed by atoms with E-state index in [1.165, 1.54) is 11.1 Å². The lowest BCUT2D eigenvalue weighted by atomic mass is 9.71. The van der Waals surface area contributed by atoms with E-state index in [4.69, 9.17) is 10.4 Å². The SMILES string of the molecule is N#Cc1ccc(-c2ccc3c(c2)CC[C@H]3N2CC3(CCN(C(=O)O)CC3)C2)cn1. The van der Waals surface area contributed by atoms with E-state index in [-0.39, 0.29) is 0 Å². The van der Waals surface area contributed by atoms with Crippen molar-refractivity contribution in [3.05, 3.63) is 53.3 Å². The van der Waals surface area contributed by atoms with E-state index in [2.05, 4.69) is 34.2 Å². The van der Waals surface area contributed by atoms with Crippen molar-refractivity contribution in [2.24, 2.45) is 5.41 Å². The standard InChI is InChI=1S/C23H24N4O2/c24-12-19-4-1-18(13-25-19)16-2-5-20-17(11-16)3-6-21(20)27-14-23(15-27)7-9-26(10-8-23)22(28)29/h1-2,4-5,11,13,21H,3,6-10,14-15H2,(H,28,29)/t21-/m1/s1. The molecular weight excluding hydrogens is 364 g/mol. The number of nitriles is 1. The van der Waals surface area contributed by atoms with E-state index in [1.54, 1.807) is 17.2 Å². The Bertz CT molecular complexity index is 979. The zero-order chi connectivity index (χ0) is 20.0. The van der Waals surface area contributed by atoms with Gasteiger partial charge in [0.1, 0.15) is 11.8 Å². The Labute approximate surface area is 170 Å². The number of hydrogen-bond donors (Lipinski definition) is 1. The third kappa shape index (κ3) is 3.16. The molecule has 3 heterocycles. The lowest BCUT2D eigenvalue weighted by molar-refractivity contribution is -0.0664. The molecule has 2 aromatic rings. The summed E-state index contributed by atoms with van der Waals surface area (Å²) in [4.78, 5) is 19.5. The molecule has 0 unspecified atom stereocenters. The third-order valence-corrected chi connectivity index (χ3v) is 7.01. The number of rotatable bonds is 2. The second kappa shape index (κ2) is 6.85. The Hall–Kier alpha value is -2.91. The summed E-state index contributed by atoms with van der Waals surface area (Å²) in [7, 11) is 0. The Morgan fingerprint density at radius 3 is 2.59 bits per heavy atom. The molecule has 5 rings (SSSR count). The highest BCUT2D eigenvalue weighted by molar-refractivity contribution is 5.65. The van der Waals surface area contributed by atoms with E-state index in [1.807, 2.05) is 6.07 Å². The second-order valence-corrected chi connectivity index (χ2v) is 8.69. The van der Waals surface area contributed by atoms with Crippen LogP contribution in [0.5, 0.6) is 0 Å². The van der Waals surface area contributed by atoms with Gasteiger partial charge >= 0.3 is 6.09 Å². The van der Waals surface area contributed by atoms with Crippen molar-refractivity contribution in [1.82, 2.24) is 14.8 Å². The molecule has 1 spiro atoms. The number of aryl methyl sites for hydroxylation is 1. The van der Waals surface area contributed by atoms with Gasteiger partial charge in [-0.3, -0.25) is 4.90 Å². The first-order valence-corrected chi connectivity index (χ1v) is 10.3. The fraction of sp³-hybridized carbons (Fsp3) is 0.435. The van der Waals surface area contributed by atoms with Gasteiger partial charge in [-0.15, -0.1) is 0 Å². The number of piperidine rings is 1. The number of amides is 1. The Balaban J connectivity index is 1.27. The van der Waals surface area contributed by atoms with Crippen LogP contribution >= 0.6 is 0 Å². The van der Waals surface area contributed by atoms with Crippen LogP contribution in [0.25, 0.3) is 11.1 Å². The zero-order valence-corrected chi connectivity index (χ0v) is 16.3. The molecule has 1 aromatic heterocycles. The van der Waals surface area contributed by atoms with Gasteiger partial charge in [-0.25, -0.2) is 9.78 Å². The molecular formula is C23H24N4O2. The molecule has 148 valence electrons. The summed E-state index contributed by atoms with van der Waals surface area (Å²) >= 11 is 0. The van der Waals surface area contributed by atoms with Crippen LogP contribution in [0.2, 0.25) is 0 Å². The molecule has 1 atom stereocenters. The molecule has 1 amide bonds. The van der Waals surface area contributed by atoms with Crippen LogP contribution in [0, 0.1) is 16.7 Å². The van der Waals surface area contributed by atoms with Gasteiger partial charge in [-0.05, 0) is 59.9 Å². The van der Waals surface area contributed by atoms with E-state index in [0.717, 1.165) is 49.9 Å². The first kappa shape index (κ1) is 18.1. The van der Waals surface area contributed by atoms with E-state index in [9.17, 15) is 4.79 Å². The summed E-state index contributed by atoms with van der Waals surface area (Å²) in [5.41, 5.74) is 5.82. The van der Waals surface area contributed by atoms with Crippen LogP contribution in [-0.2, 0) is 6.42 Å². The summed E-state index contributed by atoms with van der Waals surface area (Å²) in [6, 6.07) is 13.0. The lowest BCUT2D eigenvalue weighted by Crippen LogP contribution is -2.61. The second-order valence-electron chi connectivity index (χ2n) is 8.69. The highest BCUT2D eigenvalue weighted by atomic mass is 16.4. The van der Waals surface area contributed by atoms with Crippen molar-refractivity contribution < 1.29 is 9.90 Å². The van der Waals surface area contributed by atoms with Crippen molar-refractivity contribution in [3.63, 3.8) is 0 Å². The van der Waals surface area contributed by atoms with Crippen LogP contribution < -0.4 is 0 Å². The number of hydrogen-bond acceptors (Lipinski definition) is 4. The van der Waals surface area contributed by atoms with Crippen LogP contribution in [0.15, 0.2) is 36.5 Å². The predicted octanol–water partition coefficient (Wildman–Crippen LogP) is 3.68. The monoisotopic (exact) mass is 388 g/mol. The van der Waals surface area contributed by atoms with E-state index < -0.39 is 6.09 Å². The third-order valence-electron chi connectivity index (χ3n) is 7.01. The Morgan fingerprint density at radius 1 is 1.17 bits per heavy atom. The quantitative estimate of drug-likeness (QED) is 0.849. The lowest BCUT2D eigenvalue weighted by Gasteiger charge is -2.56. The van der Waals surface area contributed by atoms with Gasteiger partial charge in [0.2, 0.25) is 0 Å². The average molecular weight is 388 g/mol. The maximum Gasteiger partial charge on any atom is 0.407 e. The molecule has 3 aliphatic rings. The van der Waals surface area contributed by atoms with Gasteiger partial charge in [0.15, 0.2) is 0 Å². The number of nitrogens with zero attached hydrogens (tertiary/aromatic N) is 4. The molecule has 6 nitrogen and oxygen atoms in total. The predicted molar refractivity (Wildman–Crippen MR) is 108 cm³/mol. The minimum atomic E-state index is -0.783. The molecule has 6 heteroatoms. The smallest absolute Gasteiger partial charge is 0.407 e. The molecule has 1 aromatic carbocycles. The topological polar surface area (TPSA) is 80.5 Å². The van der Waals surface area contributed by atoms with Crippen molar-refractivity contribution in [1.29, 1.82) is 5.26 Å². The Kier molecular flexibility index (Phi) is 4.29. The largest absolute Gasteiger partial charge is 0.465 e. The molecule has 2 aliphatic heterocycles. The fourth-order valence-corrected chi connectivity index (χ4v) is 5.31.